The maximum absolute atomic E-state index is 13.6. The number of hydrogen-bond donors (Lipinski definition) is 2. The molecule has 0 saturated heterocycles. The molecule has 6 nitrogen and oxygen atoms in total. The molecule has 0 aliphatic carbocycles. The number of rotatable bonds is 3. The van der Waals surface area contributed by atoms with Crippen LogP contribution in [0.5, 0.6) is 0 Å². The third-order valence-corrected chi connectivity index (χ3v) is 3.74. The topological polar surface area (TPSA) is 98.0 Å². The third kappa shape index (κ3) is 2.91. The number of nitrogen functional groups attached to an aromatic ring is 1. The summed E-state index contributed by atoms with van der Waals surface area (Å²) in [5.41, 5.74) is 5.25. The van der Waals surface area contributed by atoms with Gasteiger partial charge in [-0.2, -0.15) is 0 Å². The van der Waals surface area contributed by atoms with E-state index in [2.05, 4.69) is 9.97 Å². The van der Waals surface area contributed by atoms with E-state index in [9.17, 15) is 12.8 Å². The molecule has 0 radical (unpaired) electrons. The molecule has 2 rings (SSSR count). The first-order chi connectivity index (χ1) is 8.90. The van der Waals surface area contributed by atoms with Crippen molar-refractivity contribution in [1.29, 1.82) is 0 Å². The Balaban J connectivity index is 2.44. The molecule has 0 unspecified atom stereocenters. The zero-order valence-corrected chi connectivity index (χ0v) is 10.9. The predicted octanol–water partition coefficient (Wildman–Crippen LogP) is 1.65. The minimum absolute atomic E-state index is 0.0502. The summed E-state index contributed by atoms with van der Waals surface area (Å²) in [5.74, 6) is -1.23. The largest absolute Gasteiger partial charge is 0.398 e. The minimum atomic E-state index is -4.23. The van der Waals surface area contributed by atoms with Crippen LogP contribution in [-0.2, 0) is 10.0 Å². The smallest absolute Gasteiger partial charge is 0.269 e. The summed E-state index contributed by atoms with van der Waals surface area (Å²) < 4.78 is 39.6. The number of nitrogens with two attached hydrogens (primary N) is 1. The highest BCUT2D eigenvalue weighted by molar-refractivity contribution is 7.92. The molecule has 9 heteroatoms. The van der Waals surface area contributed by atoms with Crippen molar-refractivity contribution in [2.75, 3.05) is 10.5 Å². The van der Waals surface area contributed by atoms with Gasteiger partial charge in [-0.15, -0.1) is 0 Å². The number of aromatic nitrogens is 2. The van der Waals surface area contributed by atoms with Crippen molar-refractivity contribution in [3.8, 4) is 0 Å². The first kappa shape index (κ1) is 13.5. The second-order valence-corrected chi connectivity index (χ2v) is 5.47. The van der Waals surface area contributed by atoms with Crippen LogP contribution in [0.1, 0.15) is 0 Å². The Hall–Kier alpha value is -1.93. The van der Waals surface area contributed by atoms with Gasteiger partial charge in [0.1, 0.15) is 15.9 Å². The molecule has 0 saturated carbocycles. The van der Waals surface area contributed by atoms with Gasteiger partial charge in [-0.1, -0.05) is 17.7 Å². The van der Waals surface area contributed by atoms with Gasteiger partial charge in [-0.3, -0.25) is 0 Å². The molecule has 100 valence electrons. The van der Waals surface area contributed by atoms with Crippen LogP contribution in [0.3, 0.4) is 0 Å². The van der Waals surface area contributed by atoms with Crippen LogP contribution in [0, 0.1) is 5.82 Å². The van der Waals surface area contributed by atoms with Crippen molar-refractivity contribution >= 4 is 33.3 Å². The van der Waals surface area contributed by atoms with Gasteiger partial charge >= 0.3 is 0 Å². The van der Waals surface area contributed by atoms with Crippen LogP contribution in [0.2, 0.25) is 5.15 Å². The molecule has 0 fully saturated rings. The average Bonchev–Trinajstić information content (AvgIpc) is 2.27. The normalized spacial score (nSPS) is 11.3. The lowest BCUT2D eigenvalue weighted by Crippen LogP contribution is -2.18. The molecule has 2 aromatic rings. The average molecular weight is 303 g/mol. The Morgan fingerprint density at radius 2 is 2.05 bits per heavy atom. The summed E-state index contributed by atoms with van der Waals surface area (Å²) >= 11 is 5.60. The van der Waals surface area contributed by atoms with Crippen molar-refractivity contribution in [3.05, 3.63) is 41.4 Å². The number of nitrogens with one attached hydrogen (secondary N) is 1. The van der Waals surface area contributed by atoms with E-state index in [0.717, 1.165) is 6.07 Å². The monoisotopic (exact) mass is 302 g/mol. The van der Waals surface area contributed by atoms with Gasteiger partial charge in [0, 0.05) is 6.20 Å². The second-order valence-electron chi connectivity index (χ2n) is 3.47. The molecule has 1 aromatic carbocycles. The zero-order valence-electron chi connectivity index (χ0n) is 9.34. The lowest BCUT2D eigenvalue weighted by molar-refractivity contribution is 0.571. The molecular formula is C10H8ClFN4O2S. The van der Waals surface area contributed by atoms with Crippen molar-refractivity contribution < 1.29 is 12.8 Å². The molecule has 1 aromatic heterocycles. The van der Waals surface area contributed by atoms with E-state index >= 15 is 0 Å². The highest BCUT2D eigenvalue weighted by Crippen LogP contribution is 2.23. The first-order valence-electron chi connectivity index (χ1n) is 4.95. The van der Waals surface area contributed by atoms with Gasteiger partial charge in [-0.05, 0) is 18.2 Å². The fourth-order valence-electron chi connectivity index (χ4n) is 1.37. The number of benzene rings is 1. The van der Waals surface area contributed by atoms with E-state index in [0.29, 0.717) is 0 Å². The lowest BCUT2D eigenvalue weighted by atomic mass is 10.3. The van der Waals surface area contributed by atoms with Gasteiger partial charge < -0.3 is 5.73 Å². The fourth-order valence-corrected chi connectivity index (χ4v) is 2.65. The molecule has 1 heterocycles. The number of hydrogen-bond acceptors (Lipinski definition) is 5. The number of anilines is 2. The van der Waals surface area contributed by atoms with Crippen LogP contribution >= 0.6 is 11.6 Å². The van der Waals surface area contributed by atoms with Crippen LogP contribution in [0.4, 0.5) is 16.0 Å². The summed E-state index contributed by atoms with van der Waals surface area (Å²) in [4.78, 5) is 6.65. The summed E-state index contributed by atoms with van der Waals surface area (Å²) in [6, 6.07) is 4.94. The van der Waals surface area contributed by atoms with E-state index in [4.69, 9.17) is 17.3 Å². The van der Waals surface area contributed by atoms with E-state index in [-0.39, 0.29) is 16.8 Å². The van der Waals surface area contributed by atoms with Crippen LogP contribution < -0.4 is 10.5 Å². The summed E-state index contributed by atoms with van der Waals surface area (Å²) in [7, 11) is -4.23. The highest BCUT2D eigenvalue weighted by atomic mass is 35.5. The van der Waals surface area contributed by atoms with Gasteiger partial charge in [0.2, 0.25) is 5.95 Å². The molecular weight excluding hydrogens is 295 g/mol. The molecule has 0 bridgehead atoms. The lowest BCUT2D eigenvalue weighted by Gasteiger charge is -2.09. The Morgan fingerprint density at radius 1 is 1.32 bits per heavy atom. The second kappa shape index (κ2) is 4.98. The number of halogens is 2. The van der Waals surface area contributed by atoms with Crippen molar-refractivity contribution in [2.45, 2.75) is 4.90 Å². The molecule has 0 atom stereocenters. The third-order valence-electron chi connectivity index (χ3n) is 2.11. The van der Waals surface area contributed by atoms with E-state index < -0.39 is 20.7 Å². The van der Waals surface area contributed by atoms with Crippen molar-refractivity contribution in [3.63, 3.8) is 0 Å². The zero-order chi connectivity index (χ0) is 14.0. The first-order valence-corrected chi connectivity index (χ1v) is 6.81. The van der Waals surface area contributed by atoms with E-state index in [1.807, 2.05) is 4.72 Å². The van der Waals surface area contributed by atoms with Gasteiger partial charge in [0.05, 0.1) is 5.69 Å². The maximum atomic E-state index is 13.6. The van der Waals surface area contributed by atoms with Crippen LogP contribution in [0.15, 0.2) is 35.4 Å². The van der Waals surface area contributed by atoms with Gasteiger partial charge in [0.15, 0.2) is 0 Å². The fraction of sp³-hybridized carbons (Fsp3) is 0. The molecule has 0 spiro atoms. The summed E-state index contributed by atoms with van der Waals surface area (Å²) in [6.07, 6.45) is 1.26. The quantitative estimate of drug-likeness (QED) is 0.663. The predicted molar refractivity (Wildman–Crippen MR) is 68.7 cm³/mol. The number of nitrogens with zero attached hydrogens (tertiary/aromatic N) is 2. The molecule has 0 aliphatic heterocycles. The summed E-state index contributed by atoms with van der Waals surface area (Å²) in [6.45, 7) is 0. The van der Waals surface area contributed by atoms with Crippen molar-refractivity contribution in [1.82, 2.24) is 9.97 Å². The summed E-state index contributed by atoms with van der Waals surface area (Å²) in [5, 5.41) is 0.0502. The van der Waals surface area contributed by atoms with E-state index in [1.54, 1.807) is 0 Å². The van der Waals surface area contributed by atoms with Crippen LogP contribution in [-0.4, -0.2) is 18.4 Å². The molecule has 0 amide bonds. The van der Waals surface area contributed by atoms with E-state index in [1.165, 1.54) is 24.4 Å². The SMILES string of the molecule is Nc1cccc(F)c1S(=O)(=O)Nc1nccc(Cl)n1. The van der Waals surface area contributed by atoms with Crippen LogP contribution in [0.25, 0.3) is 0 Å². The highest BCUT2D eigenvalue weighted by Gasteiger charge is 2.23. The Kier molecular flexibility index (Phi) is 3.54. The standard InChI is InChI=1S/C10H8ClFN4O2S/c11-8-4-5-14-10(15-8)16-19(17,18)9-6(12)2-1-3-7(9)13/h1-5H,13H2,(H,14,15,16). The maximum Gasteiger partial charge on any atom is 0.269 e. The Bertz CT molecular complexity index is 703. The Morgan fingerprint density at radius 3 is 2.68 bits per heavy atom. The minimum Gasteiger partial charge on any atom is -0.398 e. The number of sulfonamides is 1. The molecule has 3 N–H and O–H groups in total. The van der Waals surface area contributed by atoms with Gasteiger partial charge in [-0.25, -0.2) is 27.5 Å². The molecule has 19 heavy (non-hydrogen) atoms. The molecule has 0 aliphatic rings. The van der Waals surface area contributed by atoms with Crippen molar-refractivity contribution in [2.24, 2.45) is 0 Å². The Labute approximate surface area is 113 Å². The van der Waals surface area contributed by atoms with Gasteiger partial charge in [0.25, 0.3) is 10.0 Å².